The average molecular weight is 287 g/mol. The highest BCUT2D eigenvalue weighted by Crippen LogP contribution is 2.30. The van der Waals surface area contributed by atoms with Gasteiger partial charge in [-0.3, -0.25) is 9.78 Å². The van der Waals surface area contributed by atoms with Gasteiger partial charge in [-0.2, -0.15) is 0 Å². The molecular weight excluding hydrogens is 262 g/mol. The van der Waals surface area contributed by atoms with Crippen LogP contribution < -0.4 is 5.32 Å². The quantitative estimate of drug-likeness (QED) is 0.834. The van der Waals surface area contributed by atoms with Crippen LogP contribution in [0.3, 0.4) is 0 Å². The zero-order valence-corrected chi connectivity index (χ0v) is 12.6. The van der Waals surface area contributed by atoms with Crippen molar-refractivity contribution in [2.45, 2.75) is 44.6 Å². The Hall–Kier alpha value is -1.42. The van der Waals surface area contributed by atoms with E-state index in [1.165, 1.54) is 31.2 Å². The topological polar surface area (TPSA) is 45.2 Å². The minimum absolute atomic E-state index is 0.312. The molecule has 2 aliphatic rings. The first-order valence-corrected chi connectivity index (χ1v) is 8.21. The number of pyridine rings is 1. The summed E-state index contributed by atoms with van der Waals surface area (Å²) in [6.45, 7) is 2.96. The molecule has 0 radical (unpaired) electrons. The number of amides is 1. The molecule has 0 aromatic carbocycles. The van der Waals surface area contributed by atoms with E-state index >= 15 is 0 Å². The molecular formula is C17H25N3O. The van der Waals surface area contributed by atoms with Gasteiger partial charge in [0.25, 0.3) is 0 Å². The predicted molar refractivity (Wildman–Crippen MR) is 82.9 cm³/mol. The molecule has 4 heteroatoms. The Bertz CT molecular complexity index is 452. The lowest BCUT2D eigenvalue weighted by Gasteiger charge is -2.26. The minimum atomic E-state index is 0.312. The second-order valence-corrected chi connectivity index (χ2v) is 6.39. The third-order valence-electron chi connectivity index (χ3n) is 4.51. The summed E-state index contributed by atoms with van der Waals surface area (Å²) in [4.78, 5) is 18.7. The van der Waals surface area contributed by atoms with Crippen molar-refractivity contribution in [2.24, 2.45) is 5.92 Å². The van der Waals surface area contributed by atoms with E-state index in [4.69, 9.17) is 0 Å². The van der Waals surface area contributed by atoms with E-state index in [0.29, 0.717) is 18.4 Å². The van der Waals surface area contributed by atoms with Crippen LogP contribution >= 0.6 is 0 Å². The number of carbonyl (C=O) groups excluding carboxylic acids is 1. The van der Waals surface area contributed by atoms with Crippen molar-refractivity contribution in [2.75, 3.05) is 19.6 Å². The summed E-state index contributed by atoms with van der Waals surface area (Å²) in [5.74, 6) is 1.07. The number of hydrogen-bond acceptors (Lipinski definition) is 3. The molecule has 1 N–H and O–H groups in total. The normalized spacial score (nSPS) is 21.4. The molecule has 1 saturated heterocycles. The lowest BCUT2D eigenvalue weighted by Crippen LogP contribution is -2.42. The van der Waals surface area contributed by atoms with Crippen molar-refractivity contribution in [3.63, 3.8) is 0 Å². The van der Waals surface area contributed by atoms with Crippen LogP contribution in [0, 0.1) is 5.92 Å². The number of nitrogens with zero attached hydrogens (tertiary/aromatic N) is 2. The summed E-state index contributed by atoms with van der Waals surface area (Å²) < 4.78 is 0. The summed E-state index contributed by atoms with van der Waals surface area (Å²) in [6, 6.07) is 4.50. The Morgan fingerprint density at radius 1 is 1.24 bits per heavy atom. The Morgan fingerprint density at radius 2 is 2.05 bits per heavy atom. The van der Waals surface area contributed by atoms with E-state index in [1.54, 1.807) is 12.4 Å². The molecule has 1 saturated carbocycles. The first-order valence-electron chi connectivity index (χ1n) is 8.21. The number of rotatable bonds is 7. The van der Waals surface area contributed by atoms with E-state index in [9.17, 15) is 4.79 Å². The van der Waals surface area contributed by atoms with Crippen LogP contribution in [0.25, 0.3) is 0 Å². The van der Waals surface area contributed by atoms with Crippen LogP contribution in [-0.4, -0.2) is 41.5 Å². The third kappa shape index (κ3) is 4.53. The molecule has 1 unspecified atom stereocenters. The fraction of sp³-hybridized carbons (Fsp3) is 0.647. The number of hydrogen-bond donors (Lipinski definition) is 1. The standard InChI is InChI=1S/C17H25N3O/c21-17(6-5-14-7-10-18-11-8-14)20(12-15-3-4-15)13-16-2-1-9-19-16/h7-8,10-11,15-16,19H,1-6,9,12-13H2. The molecule has 21 heavy (non-hydrogen) atoms. The van der Waals surface area contributed by atoms with Gasteiger partial charge in [0.2, 0.25) is 5.91 Å². The fourth-order valence-electron chi connectivity index (χ4n) is 3.03. The molecule has 1 aromatic rings. The highest BCUT2D eigenvalue weighted by molar-refractivity contribution is 5.76. The van der Waals surface area contributed by atoms with Crippen molar-refractivity contribution >= 4 is 5.91 Å². The van der Waals surface area contributed by atoms with E-state index in [2.05, 4.69) is 15.2 Å². The van der Waals surface area contributed by atoms with Crippen LogP contribution in [-0.2, 0) is 11.2 Å². The number of aromatic nitrogens is 1. The van der Waals surface area contributed by atoms with E-state index < -0.39 is 0 Å². The second-order valence-electron chi connectivity index (χ2n) is 6.39. The predicted octanol–water partition coefficient (Wildman–Crippen LogP) is 2.00. The zero-order chi connectivity index (χ0) is 14.5. The Kier molecular flexibility index (Phi) is 4.86. The number of nitrogens with one attached hydrogen (secondary N) is 1. The molecule has 4 nitrogen and oxygen atoms in total. The number of aryl methyl sites for hydroxylation is 1. The van der Waals surface area contributed by atoms with Gasteiger partial charge in [0.05, 0.1) is 0 Å². The molecule has 1 aliphatic carbocycles. The maximum absolute atomic E-state index is 12.6. The number of carbonyl (C=O) groups is 1. The molecule has 2 fully saturated rings. The van der Waals surface area contributed by atoms with Crippen LogP contribution in [0.15, 0.2) is 24.5 Å². The highest BCUT2D eigenvalue weighted by Gasteiger charge is 2.28. The third-order valence-corrected chi connectivity index (χ3v) is 4.51. The van der Waals surface area contributed by atoms with Crippen LogP contribution in [0.5, 0.6) is 0 Å². The van der Waals surface area contributed by atoms with Crippen LogP contribution in [0.1, 0.15) is 37.7 Å². The smallest absolute Gasteiger partial charge is 0.222 e. The monoisotopic (exact) mass is 287 g/mol. The molecule has 2 heterocycles. The largest absolute Gasteiger partial charge is 0.341 e. The van der Waals surface area contributed by atoms with Gasteiger partial charge in [0.15, 0.2) is 0 Å². The van der Waals surface area contributed by atoms with Crippen molar-refractivity contribution < 1.29 is 4.79 Å². The van der Waals surface area contributed by atoms with Gasteiger partial charge < -0.3 is 10.2 Å². The Labute approximate surface area is 126 Å². The second kappa shape index (κ2) is 7.03. The molecule has 114 valence electrons. The molecule has 0 bridgehead atoms. The zero-order valence-electron chi connectivity index (χ0n) is 12.6. The maximum atomic E-state index is 12.6. The van der Waals surface area contributed by atoms with Gasteiger partial charge in [-0.25, -0.2) is 0 Å². The van der Waals surface area contributed by atoms with E-state index in [-0.39, 0.29) is 0 Å². The van der Waals surface area contributed by atoms with Crippen molar-refractivity contribution in [1.29, 1.82) is 0 Å². The SMILES string of the molecule is O=C(CCc1ccncc1)N(CC1CC1)CC1CCCN1. The molecule has 3 rings (SSSR count). The van der Waals surface area contributed by atoms with E-state index in [0.717, 1.165) is 32.0 Å². The van der Waals surface area contributed by atoms with Gasteiger partial charge in [-0.1, -0.05) is 0 Å². The lowest BCUT2D eigenvalue weighted by atomic mass is 10.1. The van der Waals surface area contributed by atoms with Gasteiger partial charge >= 0.3 is 0 Å². The average Bonchev–Trinajstić information content (AvgIpc) is 3.18. The highest BCUT2D eigenvalue weighted by atomic mass is 16.2. The summed E-state index contributed by atoms with van der Waals surface area (Å²) in [6.07, 6.45) is 10.1. The summed E-state index contributed by atoms with van der Waals surface area (Å²) in [7, 11) is 0. The first kappa shape index (κ1) is 14.5. The van der Waals surface area contributed by atoms with E-state index in [1.807, 2.05) is 12.1 Å². The Morgan fingerprint density at radius 3 is 2.71 bits per heavy atom. The molecule has 1 atom stereocenters. The maximum Gasteiger partial charge on any atom is 0.222 e. The van der Waals surface area contributed by atoms with Crippen molar-refractivity contribution in [3.05, 3.63) is 30.1 Å². The minimum Gasteiger partial charge on any atom is -0.341 e. The lowest BCUT2D eigenvalue weighted by molar-refractivity contribution is -0.131. The molecule has 1 aliphatic heterocycles. The van der Waals surface area contributed by atoms with Crippen LogP contribution in [0.4, 0.5) is 0 Å². The first-order chi connectivity index (χ1) is 10.3. The van der Waals surface area contributed by atoms with Gasteiger partial charge in [-0.15, -0.1) is 0 Å². The van der Waals surface area contributed by atoms with Crippen molar-refractivity contribution in [1.82, 2.24) is 15.2 Å². The fourth-order valence-corrected chi connectivity index (χ4v) is 3.03. The van der Waals surface area contributed by atoms with Crippen LogP contribution in [0.2, 0.25) is 0 Å². The summed E-state index contributed by atoms with van der Waals surface area (Å²) >= 11 is 0. The van der Waals surface area contributed by atoms with Gasteiger partial charge in [0.1, 0.15) is 0 Å². The van der Waals surface area contributed by atoms with Gasteiger partial charge in [-0.05, 0) is 62.3 Å². The molecule has 0 spiro atoms. The summed E-state index contributed by atoms with van der Waals surface area (Å²) in [5.41, 5.74) is 1.20. The molecule has 1 aromatic heterocycles. The summed E-state index contributed by atoms with van der Waals surface area (Å²) in [5, 5.41) is 3.51. The van der Waals surface area contributed by atoms with Crippen molar-refractivity contribution in [3.8, 4) is 0 Å². The van der Waals surface area contributed by atoms with Gasteiger partial charge in [0, 0.05) is 37.9 Å². The Balaban J connectivity index is 1.52. The molecule has 1 amide bonds.